The number of Topliss-reactive ketones (excluding diaryl/α,β-unsaturated/α-hetero) is 1. The summed E-state index contributed by atoms with van der Waals surface area (Å²) in [7, 11) is 1.80. The lowest BCUT2D eigenvalue weighted by molar-refractivity contribution is -0.114. The van der Waals surface area contributed by atoms with Gasteiger partial charge >= 0.3 is 0 Å². The second-order valence-corrected chi connectivity index (χ2v) is 4.37. The Morgan fingerprint density at radius 1 is 1.35 bits per heavy atom. The number of halogens is 1. The number of amides is 1. The minimum absolute atomic E-state index is 0.448. The summed E-state index contributed by atoms with van der Waals surface area (Å²) in [5.74, 6) is -0.920. The molecule has 0 spiro atoms. The zero-order valence-electron chi connectivity index (χ0n) is 9.71. The summed E-state index contributed by atoms with van der Waals surface area (Å²) in [4.78, 5) is 25.1. The van der Waals surface area contributed by atoms with Crippen LogP contribution >= 0.6 is 11.6 Å². The third kappa shape index (κ3) is 1.83. The van der Waals surface area contributed by atoms with Gasteiger partial charge in [0.15, 0.2) is 0 Å². The van der Waals surface area contributed by atoms with Crippen molar-refractivity contribution in [2.45, 2.75) is 6.92 Å². The van der Waals surface area contributed by atoms with Crippen molar-refractivity contribution in [1.29, 1.82) is 0 Å². The fourth-order valence-corrected chi connectivity index (χ4v) is 2.14. The van der Waals surface area contributed by atoms with Crippen molar-refractivity contribution < 1.29 is 9.59 Å². The number of fused-ring (bicyclic) bond motifs is 1. The molecule has 0 fully saturated rings. The molecule has 2 rings (SSSR count). The Bertz CT molecular complexity index is 500. The standard InChI is InChI=1S/C12H13ClN2O2/c1-7-9(13)4-3-8-10(7)15(6-5-14-2)12(17)11(8)16/h3-4,14H,5-6H2,1-2H3. The van der Waals surface area contributed by atoms with Crippen LogP contribution in [0.1, 0.15) is 15.9 Å². The number of carbonyl (C=O) groups excluding carboxylic acids is 2. The van der Waals surface area contributed by atoms with Crippen LogP contribution in [0.4, 0.5) is 5.69 Å². The molecule has 1 aliphatic heterocycles. The first-order chi connectivity index (χ1) is 8.07. The quantitative estimate of drug-likeness (QED) is 0.828. The molecule has 0 bridgehead atoms. The van der Waals surface area contributed by atoms with E-state index in [1.54, 1.807) is 19.2 Å². The Morgan fingerprint density at radius 2 is 2.06 bits per heavy atom. The number of hydrogen-bond donors (Lipinski definition) is 1. The van der Waals surface area contributed by atoms with Gasteiger partial charge in [-0.15, -0.1) is 0 Å². The average molecular weight is 253 g/mol. The highest BCUT2D eigenvalue weighted by atomic mass is 35.5. The first-order valence-electron chi connectivity index (χ1n) is 5.37. The van der Waals surface area contributed by atoms with Gasteiger partial charge in [-0.05, 0) is 31.7 Å². The summed E-state index contributed by atoms with van der Waals surface area (Å²) in [6, 6.07) is 3.27. The second-order valence-electron chi connectivity index (χ2n) is 3.96. The number of benzene rings is 1. The van der Waals surface area contributed by atoms with Gasteiger partial charge in [-0.1, -0.05) is 11.6 Å². The smallest absolute Gasteiger partial charge is 0.299 e. The van der Waals surface area contributed by atoms with Crippen LogP contribution < -0.4 is 10.2 Å². The summed E-state index contributed by atoms with van der Waals surface area (Å²) < 4.78 is 0. The molecule has 1 aromatic rings. The maximum Gasteiger partial charge on any atom is 0.299 e. The summed E-state index contributed by atoms with van der Waals surface area (Å²) in [5.41, 5.74) is 1.88. The number of anilines is 1. The maximum absolute atomic E-state index is 11.8. The van der Waals surface area contributed by atoms with Gasteiger partial charge in [0, 0.05) is 18.1 Å². The number of rotatable bonds is 3. The van der Waals surface area contributed by atoms with Crippen molar-refractivity contribution in [2.24, 2.45) is 0 Å². The first kappa shape index (κ1) is 12.1. The highest BCUT2D eigenvalue weighted by Crippen LogP contribution is 2.35. The van der Waals surface area contributed by atoms with Crippen LogP contribution in [0, 0.1) is 6.92 Å². The Morgan fingerprint density at radius 3 is 2.71 bits per heavy atom. The fraction of sp³-hybridized carbons (Fsp3) is 0.333. The normalized spacial score (nSPS) is 14.4. The Labute approximate surface area is 105 Å². The largest absolute Gasteiger partial charge is 0.318 e. The van der Waals surface area contributed by atoms with E-state index in [0.29, 0.717) is 29.4 Å². The molecule has 4 nitrogen and oxygen atoms in total. The monoisotopic (exact) mass is 252 g/mol. The molecule has 1 aliphatic rings. The molecule has 1 N–H and O–H groups in total. The molecule has 0 saturated heterocycles. The number of likely N-dealkylation sites (N-methyl/N-ethyl adjacent to an activating group) is 1. The molecule has 1 amide bonds. The summed E-state index contributed by atoms with van der Waals surface area (Å²) in [6.07, 6.45) is 0. The van der Waals surface area contributed by atoms with Crippen LogP contribution in [0.25, 0.3) is 0 Å². The van der Waals surface area contributed by atoms with E-state index < -0.39 is 11.7 Å². The van der Waals surface area contributed by atoms with Crippen molar-refractivity contribution in [1.82, 2.24) is 5.32 Å². The van der Waals surface area contributed by atoms with E-state index in [4.69, 9.17) is 11.6 Å². The van der Waals surface area contributed by atoms with Crippen molar-refractivity contribution >= 4 is 29.0 Å². The molecule has 0 unspecified atom stereocenters. The van der Waals surface area contributed by atoms with Gasteiger partial charge < -0.3 is 10.2 Å². The predicted octanol–water partition coefficient (Wildman–Crippen LogP) is 1.40. The third-order valence-electron chi connectivity index (χ3n) is 2.90. The third-order valence-corrected chi connectivity index (χ3v) is 3.31. The molecule has 0 saturated carbocycles. The number of carbonyl (C=O) groups is 2. The molecule has 0 aromatic heterocycles. The molecular weight excluding hydrogens is 240 g/mol. The lowest BCUT2D eigenvalue weighted by atomic mass is 10.1. The van der Waals surface area contributed by atoms with E-state index in [9.17, 15) is 9.59 Å². The lowest BCUT2D eigenvalue weighted by Crippen LogP contribution is -2.35. The van der Waals surface area contributed by atoms with Gasteiger partial charge in [-0.2, -0.15) is 0 Å². The van der Waals surface area contributed by atoms with Gasteiger partial charge in [0.1, 0.15) is 0 Å². The fourth-order valence-electron chi connectivity index (χ4n) is 1.98. The number of nitrogens with zero attached hydrogens (tertiary/aromatic N) is 1. The topological polar surface area (TPSA) is 49.4 Å². The van der Waals surface area contributed by atoms with Gasteiger partial charge in [-0.25, -0.2) is 0 Å². The SMILES string of the molecule is CNCCN1C(=O)C(=O)c2ccc(Cl)c(C)c21. The highest BCUT2D eigenvalue weighted by Gasteiger charge is 2.36. The molecule has 0 atom stereocenters. The van der Waals surface area contributed by atoms with Crippen LogP contribution in [0.15, 0.2) is 12.1 Å². The van der Waals surface area contributed by atoms with Crippen LogP contribution in [-0.4, -0.2) is 31.8 Å². The zero-order chi connectivity index (χ0) is 12.6. The second kappa shape index (κ2) is 4.47. The number of ketones is 1. The van der Waals surface area contributed by atoms with Crippen molar-refractivity contribution in [3.8, 4) is 0 Å². The van der Waals surface area contributed by atoms with Gasteiger partial charge in [0.25, 0.3) is 11.7 Å². The van der Waals surface area contributed by atoms with E-state index in [-0.39, 0.29) is 0 Å². The van der Waals surface area contributed by atoms with E-state index in [2.05, 4.69) is 5.32 Å². The maximum atomic E-state index is 11.8. The summed E-state index contributed by atoms with van der Waals surface area (Å²) >= 11 is 6.02. The van der Waals surface area contributed by atoms with Crippen LogP contribution in [0.2, 0.25) is 5.02 Å². The predicted molar refractivity (Wildman–Crippen MR) is 66.8 cm³/mol. The summed E-state index contributed by atoms with van der Waals surface area (Å²) in [6.45, 7) is 2.92. The van der Waals surface area contributed by atoms with Crippen molar-refractivity contribution in [3.63, 3.8) is 0 Å². The van der Waals surface area contributed by atoms with Crippen LogP contribution in [0.5, 0.6) is 0 Å². The van der Waals surface area contributed by atoms with E-state index in [1.165, 1.54) is 4.90 Å². The summed E-state index contributed by atoms with van der Waals surface area (Å²) in [5, 5.41) is 3.53. The Hall–Kier alpha value is -1.39. The number of hydrogen-bond acceptors (Lipinski definition) is 3. The average Bonchev–Trinajstić information content (AvgIpc) is 2.56. The molecule has 1 heterocycles. The van der Waals surface area contributed by atoms with Crippen molar-refractivity contribution in [2.75, 3.05) is 25.0 Å². The molecule has 1 aromatic carbocycles. The highest BCUT2D eigenvalue weighted by molar-refractivity contribution is 6.52. The van der Waals surface area contributed by atoms with Gasteiger partial charge in [0.2, 0.25) is 0 Å². The van der Waals surface area contributed by atoms with E-state index in [0.717, 1.165) is 5.56 Å². The van der Waals surface area contributed by atoms with E-state index in [1.807, 2.05) is 6.92 Å². The molecule has 0 radical (unpaired) electrons. The molecule has 17 heavy (non-hydrogen) atoms. The minimum Gasteiger partial charge on any atom is -0.318 e. The molecular formula is C12H13ClN2O2. The molecule has 90 valence electrons. The number of nitrogens with one attached hydrogen (secondary N) is 1. The first-order valence-corrected chi connectivity index (χ1v) is 5.75. The minimum atomic E-state index is -0.472. The van der Waals surface area contributed by atoms with Crippen molar-refractivity contribution in [3.05, 3.63) is 28.3 Å². The Balaban J connectivity index is 2.50. The van der Waals surface area contributed by atoms with Gasteiger partial charge in [-0.3, -0.25) is 9.59 Å². The van der Waals surface area contributed by atoms with Crippen LogP contribution in [0.3, 0.4) is 0 Å². The molecule has 5 heteroatoms. The van der Waals surface area contributed by atoms with E-state index >= 15 is 0 Å². The molecule has 0 aliphatic carbocycles. The van der Waals surface area contributed by atoms with Gasteiger partial charge in [0.05, 0.1) is 11.3 Å². The lowest BCUT2D eigenvalue weighted by Gasteiger charge is -2.18. The van der Waals surface area contributed by atoms with Crippen LogP contribution in [-0.2, 0) is 4.79 Å². The zero-order valence-corrected chi connectivity index (χ0v) is 10.5. The Kier molecular flexibility index (Phi) is 3.17.